The monoisotopic (exact) mass is 153 g/mol. The van der Waals surface area contributed by atoms with E-state index >= 15 is 0 Å². The van der Waals surface area contributed by atoms with Gasteiger partial charge in [0.25, 0.3) is 0 Å². The fourth-order valence-electron chi connectivity index (χ4n) is 0.475. The first-order valence-corrected chi connectivity index (χ1v) is 4.26. The molecule has 0 aliphatic rings. The third-order valence-corrected chi connectivity index (χ3v) is 2.21. The summed E-state index contributed by atoms with van der Waals surface area (Å²) in [5, 5.41) is 0.668. The van der Waals surface area contributed by atoms with Gasteiger partial charge in [-0.15, -0.1) is 11.6 Å². The quantitative estimate of drug-likeness (QED) is 0.450. The van der Waals surface area contributed by atoms with Crippen molar-refractivity contribution in [3.8, 4) is 0 Å². The van der Waals surface area contributed by atoms with E-state index in [4.69, 9.17) is 11.6 Å². The van der Waals surface area contributed by atoms with E-state index in [1.54, 1.807) is 11.9 Å². The zero-order chi connectivity index (χ0) is 6.41. The van der Waals surface area contributed by atoms with Gasteiger partial charge in [-0.1, -0.05) is 25.8 Å². The van der Waals surface area contributed by atoms with Crippen LogP contribution in [0.5, 0.6) is 0 Å². The van der Waals surface area contributed by atoms with E-state index in [1.807, 2.05) is 0 Å². The van der Waals surface area contributed by atoms with Crippen molar-refractivity contribution in [2.45, 2.75) is 13.8 Å². The number of alkyl halides is 1. The molecule has 0 aromatic carbocycles. The van der Waals surface area contributed by atoms with E-state index in [2.05, 4.69) is 18.2 Å². The number of nitrogens with zero attached hydrogens (tertiary/aromatic N) is 1. The Labute approximate surface area is 60.5 Å². The Bertz CT molecular complexity index is 47.7. The molecular formula is C5H12ClNS. The summed E-state index contributed by atoms with van der Waals surface area (Å²) in [6.07, 6.45) is 0. The molecule has 0 radical (unpaired) electrons. The first-order valence-electron chi connectivity index (χ1n) is 2.79. The SMILES string of the molecule is CCN(CC)SCCl. The van der Waals surface area contributed by atoms with E-state index in [0.29, 0.717) is 5.21 Å². The Balaban J connectivity index is 3.07. The normalized spacial score (nSPS) is 10.5. The number of hydrogen-bond acceptors (Lipinski definition) is 2. The van der Waals surface area contributed by atoms with Crippen LogP contribution in [0.2, 0.25) is 0 Å². The van der Waals surface area contributed by atoms with E-state index in [-0.39, 0.29) is 0 Å². The van der Waals surface area contributed by atoms with Crippen LogP contribution in [0.4, 0.5) is 0 Å². The van der Waals surface area contributed by atoms with Crippen molar-refractivity contribution >= 4 is 23.5 Å². The molecular weight excluding hydrogens is 142 g/mol. The molecule has 0 rings (SSSR count). The van der Waals surface area contributed by atoms with Crippen molar-refractivity contribution in [1.82, 2.24) is 4.31 Å². The van der Waals surface area contributed by atoms with Gasteiger partial charge in [0.05, 0.1) is 5.21 Å². The molecule has 0 atom stereocenters. The summed E-state index contributed by atoms with van der Waals surface area (Å²) in [5.41, 5.74) is 0. The lowest BCUT2D eigenvalue weighted by Gasteiger charge is -2.13. The predicted octanol–water partition coefficient (Wildman–Crippen LogP) is 2.17. The minimum atomic E-state index is 0.668. The Morgan fingerprint density at radius 2 is 1.88 bits per heavy atom. The van der Waals surface area contributed by atoms with E-state index in [1.165, 1.54) is 0 Å². The number of hydrogen-bond donors (Lipinski definition) is 0. The molecule has 8 heavy (non-hydrogen) atoms. The van der Waals surface area contributed by atoms with E-state index < -0.39 is 0 Å². The maximum absolute atomic E-state index is 5.48. The highest BCUT2D eigenvalue weighted by Gasteiger charge is 1.94. The van der Waals surface area contributed by atoms with E-state index in [9.17, 15) is 0 Å². The molecule has 0 aliphatic heterocycles. The second-order valence-electron chi connectivity index (χ2n) is 1.35. The zero-order valence-electron chi connectivity index (χ0n) is 5.35. The van der Waals surface area contributed by atoms with Gasteiger partial charge >= 0.3 is 0 Å². The summed E-state index contributed by atoms with van der Waals surface area (Å²) in [4.78, 5) is 0. The van der Waals surface area contributed by atoms with Gasteiger partial charge in [0.1, 0.15) is 0 Å². The maximum atomic E-state index is 5.48. The van der Waals surface area contributed by atoms with Gasteiger partial charge in [-0.3, -0.25) is 4.31 Å². The summed E-state index contributed by atoms with van der Waals surface area (Å²) in [6, 6.07) is 0. The van der Waals surface area contributed by atoms with Crippen LogP contribution < -0.4 is 0 Å². The lowest BCUT2D eigenvalue weighted by Crippen LogP contribution is -2.13. The van der Waals surface area contributed by atoms with Gasteiger partial charge in [0.2, 0.25) is 0 Å². The number of rotatable bonds is 4. The smallest absolute Gasteiger partial charge is 0.0827 e. The van der Waals surface area contributed by atoms with E-state index in [0.717, 1.165) is 13.1 Å². The van der Waals surface area contributed by atoms with Crippen molar-refractivity contribution in [3.63, 3.8) is 0 Å². The van der Waals surface area contributed by atoms with Crippen LogP contribution in [0, 0.1) is 0 Å². The molecule has 0 N–H and O–H groups in total. The molecule has 0 spiro atoms. The van der Waals surface area contributed by atoms with Gasteiger partial charge in [-0.05, 0) is 0 Å². The van der Waals surface area contributed by atoms with Gasteiger partial charge in [0, 0.05) is 13.1 Å². The number of halogens is 1. The molecule has 0 unspecified atom stereocenters. The van der Waals surface area contributed by atoms with Gasteiger partial charge in [-0.2, -0.15) is 0 Å². The molecule has 0 saturated carbocycles. The Morgan fingerprint density at radius 1 is 1.38 bits per heavy atom. The molecule has 0 saturated heterocycles. The minimum Gasteiger partial charge on any atom is -0.250 e. The average Bonchev–Trinajstić information content (AvgIpc) is 1.83. The van der Waals surface area contributed by atoms with Crippen LogP contribution in [0.1, 0.15) is 13.8 Å². The second kappa shape index (κ2) is 5.73. The topological polar surface area (TPSA) is 3.24 Å². The summed E-state index contributed by atoms with van der Waals surface area (Å²) in [5.74, 6) is 0. The van der Waals surface area contributed by atoms with Crippen molar-refractivity contribution < 1.29 is 0 Å². The zero-order valence-corrected chi connectivity index (χ0v) is 6.93. The third kappa shape index (κ3) is 3.58. The van der Waals surface area contributed by atoms with Crippen LogP contribution in [-0.4, -0.2) is 22.6 Å². The van der Waals surface area contributed by atoms with Crippen LogP contribution >= 0.6 is 23.5 Å². The molecule has 0 heterocycles. The highest BCUT2D eigenvalue weighted by molar-refractivity contribution is 7.98. The fourth-order valence-corrected chi connectivity index (χ4v) is 1.39. The fraction of sp³-hybridized carbons (Fsp3) is 1.00. The molecule has 0 aliphatic carbocycles. The highest BCUT2D eigenvalue weighted by Crippen LogP contribution is 2.08. The minimum absolute atomic E-state index is 0.668. The van der Waals surface area contributed by atoms with Crippen LogP contribution in [-0.2, 0) is 0 Å². The lowest BCUT2D eigenvalue weighted by molar-refractivity contribution is 0.526. The largest absolute Gasteiger partial charge is 0.250 e. The first kappa shape index (κ1) is 8.60. The van der Waals surface area contributed by atoms with Gasteiger partial charge < -0.3 is 0 Å². The molecule has 0 fully saturated rings. The maximum Gasteiger partial charge on any atom is 0.0827 e. The van der Waals surface area contributed by atoms with Gasteiger partial charge in [0.15, 0.2) is 0 Å². The molecule has 0 aromatic rings. The molecule has 3 heteroatoms. The lowest BCUT2D eigenvalue weighted by atomic mass is 10.7. The van der Waals surface area contributed by atoms with Gasteiger partial charge in [-0.25, -0.2) is 0 Å². The molecule has 0 amide bonds. The van der Waals surface area contributed by atoms with Crippen molar-refractivity contribution in [2.75, 3.05) is 18.3 Å². The van der Waals surface area contributed by atoms with Crippen LogP contribution in [0.3, 0.4) is 0 Å². The molecule has 50 valence electrons. The Kier molecular flexibility index (Phi) is 6.16. The predicted molar refractivity (Wildman–Crippen MR) is 41.2 cm³/mol. The van der Waals surface area contributed by atoms with Crippen LogP contribution in [0.25, 0.3) is 0 Å². The average molecular weight is 154 g/mol. The Morgan fingerprint density at radius 3 is 2.00 bits per heavy atom. The van der Waals surface area contributed by atoms with Crippen molar-refractivity contribution in [3.05, 3.63) is 0 Å². The van der Waals surface area contributed by atoms with Crippen molar-refractivity contribution in [1.29, 1.82) is 0 Å². The molecule has 1 nitrogen and oxygen atoms in total. The summed E-state index contributed by atoms with van der Waals surface area (Å²) < 4.78 is 2.22. The summed E-state index contributed by atoms with van der Waals surface area (Å²) in [7, 11) is 0. The Hall–Kier alpha value is 0.600. The van der Waals surface area contributed by atoms with Crippen LogP contribution in [0.15, 0.2) is 0 Å². The van der Waals surface area contributed by atoms with Crippen molar-refractivity contribution in [2.24, 2.45) is 0 Å². The second-order valence-corrected chi connectivity index (χ2v) is 3.00. The molecule has 0 aromatic heterocycles. The first-order chi connectivity index (χ1) is 3.85. The highest BCUT2D eigenvalue weighted by atomic mass is 35.5. The third-order valence-electron chi connectivity index (χ3n) is 0.937. The summed E-state index contributed by atoms with van der Waals surface area (Å²) in [6.45, 7) is 6.41. The summed E-state index contributed by atoms with van der Waals surface area (Å²) >= 11 is 7.15. The molecule has 0 bridgehead atoms. The standard InChI is InChI=1S/C5H12ClNS/c1-3-7(4-2)8-5-6/h3-5H2,1-2H3.